The van der Waals surface area contributed by atoms with Crippen molar-refractivity contribution in [2.45, 2.75) is 183 Å². The number of nitrogens with zero attached hydrogens (tertiary/aromatic N) is 6. The van der Waals surface area contributed by atoms with Crippen molar-refractivity contribution < 1.29 is 20.1 Å². The second-order valence-electron chi connectivity index (χ2n) is 25.8. The van der Waals surface area contributed by atoms with Crippen molar-refractivity contribution in [3.05, 3.63) is 106 Å². The number of aromatic nitrogens is 6. The van der Waals surface area contributed by atoms with Gasteiger partial charge >= 0.3 is 0 Å². The third kappa shape index (κ3) is 6.32. The molecule has 0 unspecified atom stereocenters. The summed E-state index contributed by atoms with van der Waals surface area (Å²) in [4.78, 5) is 20.7. The van der Waals surface area contributed by atoms with Crippen molar-refractivity contribution in [2.24, 2.45) is 10.8 Å². The Kier molecular flexibility index (Phi) is 10.1. The van der Waals surface area contributed by atoms with Gasteiger partial charge in [-0.15, -0.1) is 48.0 Å². The van der Waals surface area contributed by atoms with Crippen molar-refractivity contribution in [1.29, 1.82) is 0 Å². The first-order valence-corrected chi connectivity index (χ1v) is 23.6. The molecule has 345 valence electrons. The van der Waals surface area contributed by atoms with Gasteiger partial charge in [0.2, 0.25) is 0 Å². The molecule has 65 heavy (non-hydrogen) atoms. The molecule has 0 saturated heterocycles. The SMILES string of the molecule is CC(C)(C)c1c[c-]c2c(c1)nc(C(C)(C)C)n1c3cc4c(cc3nc21)C(C)(C)C(C)(C)C4(C)C.CC(C)(C)c1nc2ccc[c-]c2c2nc3cc4c(cc3n12)C(C)(C)C(C)(C)C4(C)C.[Ir]. The summed E-state index contributed by atoms with van der Waals surface area (Å²) in [6.07, 6.45) is 0. The van der Waals surface area contributed by atoms with E-state index in [1.807, 2.05) is 12.1 Å². The van der Waals surface area contributed by atoms with Crippen LogP contribution in [0.2, 0.25) is 0 Å². The van der Waals surface area contributed by atoms with Crippen LogP contribution in [0, 0.1) is 23.0 Å². The first-order chi connectivity index (χ1) is 29.2. The summed E-state index contributed by atoms with van der Waals surface area (Å²) in [5.41, 5.74) is 15.5. The maximum absolute atomic E-state index is 5.25. The number of fused-ring (bicyclic) bond motifs is 12. The average Bonchev–Trinajstić information content (AvgIpc) is 3.81. The van der Waals surface area contributed by atoms with Crippen molar-refractivity contribution in [3.63, 3.8) is 0 Å². The second kappa shape index (κ2) is 13.9. The number of rotatable bonds is 0. The normalized spacial score (nSPS) is 19.2. The molecule has 2 aliphatic carbocycles. The van der Waals surface area contributed by atoms with Crippen molar-refractivity contribution in [3.8, 4) is 0 Å². The molecule has 4 aromatic heterocycles. The van der Waals surface area contributed by atoms with E-state index in [0.717, 1.165) is 66.8 Å². The standard InChI is InChI=1S/C31H40N3.C27H32N3.Ir/c1-27(2,3)18-13-14-19-22(15-18)33-26(28(4,5)6)34-24-17-21-20(16-23(24)32-25(19)34)29(7,8)31(11,12)30(21,9)10;1-24(2,3)23-29-19-13-11-10-12-16(19)22-28-20-14-17-18(15-21(20)30(22)23)26(6,7)27(8,9)25(17,4)5;/h13,15-17H,1-12H3;10-11,13-15H,1-9H3;/q2*-1;. The van der Waals surface area contributed by atoms with Gasteiger partial charge in [-0.3, -0.25) is 19.9 Å². The van der Waals surface area contributed by atoms with E-state index in [4.69, 9.17) is 19.9 Å². The van der Waals surface area contributed by atoms with Crippen LogP contribution in [0.25, 0.3) is 55.2 Å². The first kappa shape index (κ1) is 47.3. The molecule has 6 nitrogen and oxygen atoms in total. The fraction of sp³-hybridized carbons (Fsp3) is 0.517. The minimum Gasteiger partial charge on any atom is -0.321 e. The van der Waals surface area contributed by atoms with E-state index < -0.39 is 0 Å². The maximum Gasteiger partial charge on any atom is 0.102 e. The topological polar surface area (TPSA) is 60.4 Å². The van der Waals surface area contributed by atoms with Gasteiger partial charge < -0.3 is 8.80 Å². The zero-order valence-corrected chi connectivity index (χ0v) is 45.6. The average molecular weight is 1050 g/mol. The van der Waals surface area contributed by atoms with Crippen LogP contribution < -0.4 is 0 Å². The van der Waals surface area contributed by atoms with Crippen LogP contribution in [0.1, 0.15) is 185 Å². The number of benzene rings is 4. The summed E-state index contributed by atoms with van der Waals surface area (Å²) in [6, 6.07) is 26.8. The molecule has 0 bridgehead atoms. The Morgan fingerprint density at radius 3 is 1.23 bits per heavy atom. The molecule has 8 aromatic rings. The third-order valence-corrected chi connectivity index (χ3v) is 17.8. The molecule has 0 atom stereocenters. The molecule has 0 fully saturated rings. The molecule has 0 spiro atoms. The minimum atomic E-state index is -0.134. The Hall–Kier alpha value is -4.19. The number of hydrogen-bond acceptors (Lipinski definition) is 4. The molecule has 1 radical (unpaired) electrons. The number of hydrogen-bond donors (Lipinski definition) is 0. The molecule has 7 heteroatoms. The van der Waals surface area contributed by atoms with Crippen LogP contribution in [-0.4, -0.2) is 28.7 Å². The monoisotopic (exact) mass is 1050 g/mol. The van der Waals surface area contributed by atoms with Gasteiger partial charge in [0.25, 0.3) is 0 Å². The zero-order valence-electron chi connectivity index (χ0n) is 43.2. The van der Waals surface area contributed by atoms with Crippen LogP contribution in [0.3, 0.4) is 0 Å². The molecule has 4 heterocycles. The predicted octanol–water partition coefficient (Wildman–Crippen LogP) is 14.8. The Balaban J connectivity index is 0.000000176. The van der Waals surface area contributed by atoms with Crippen molar-refractivity contribution in [1.82, 2.24) is 28.7 Å². The van der Waals surface area contributed by atoms with Gasteiger partial charge in [-0.2, -0.15) is 0 Å². The van der Waals surface area contributed by atoms with Crippen LogP contribution in [0.15, 0.2) is 54.6 Å². The Morgan fingerprint density at radius 2 is 0.831 bits per heavy atom. The van der Waals surface area contributed by atoms with Gasteiger partial charge in [0.1, 0.15) is 11.6 Å². The Labute approximate surface area is 402 Å². The van der Waals surface area contributed by atoms with Gasteiger partial charge in [-0.1, -0.05) is 156 Å². The van der Waals surface area contributed by atoms with Crippen molar-refractivity contribution >= 4 is 55.2 Å². The van der Waals surface area contributed by atoms with Crippen molar-refractivity contribution in [2.75, 3.05) is 0 Å². The minimum absolute atomic E-state index is 0. The van der Waals surface area contributed by atoms with Gasteiger partial charge in [0.15, 0.2) is 0 Å². The molecule has 0 aliphatic heterocycles. The fourth-order valence-corrected chi connectivity index (χ4v) is 11.2. The summed E-state index contributed by atoms with van der Waals surface area (Å²) >= 11 is 0. The molecular weight excluding hydrogens is 973 g/mol. The van der Waals surface area contributed by atoms with E-state index in [0.29, 0.717) is 0 Å². The van der Waals surface area contributed by atoms with Gasteiger partial charge in [-0.25, -0.2) is 0 Å². The van der Waals surface area contributed by atoms with Crippen LogP contribution in [-0.2, 0) is 58.0 Å². The number of imidazole rings is 2. The fourth-order valence-electron chi connectivity index (χ4n) is 11.2. The Bertz CT molecular complexity index is 3270. The molecule has 2 aliphatic rings. The second-order valence-corrected chi connectivity index (χ2v) is 25.8. The quantitative estimate of drug-likeness (QED) is 0.142. The largest absolute Gasteiger partial charge is 0.321 e. The third-order valence-electron chi connectivity index (χ3n) is 17.8. The van der Waals surface area contributed by atoms with E-state index >= 15 is 0 Å². The molecule has 4 aromatic carbocycles. The summed E-state index contributed by atoms with van der Waals surface area (Å²) in [6.45, 7) is 48.9. The van der Waals surface area contributed by atoms with E-state index in [9.17, 15) is 0 Å². The van der Waals surface area contributed by atoms with Crippen LogP contribution in [0.4, 0.5) is 0 Å². The van der Waals surface area contributed by atoms with Gasteiger partial charge in [0, 0.05) is 30.9 Å². The molecule has 0 N–H and O–H groups in total. The smallest absolute Gasteiger partial charge is 0.102 e. The maximum atomic E-state index is 5.25. The summed E-state index contributed by atoms with van der Waals surface area (Å²) in [5.74, 6) is 2.09. The van der Waals surface area contributed by atoms with E-state index in [2.05, 4.69) is 209 Å². The summed E-state index contributed by atoms with van der Waals surface area (Å²) < 4.78 is 4.59. The molecular formula is C58H72IrN6-2. The zero-order chi connectivity index (χ0) is 47.1. The van der Waals surface area contributed by atoms with E-state index in [1.54, 1.807) is 0 Å². The molecule has 10 rings (SSSR count). The molecule has 0 saturated carbocycles. The predicted molar refractivity (Wildman–Crippen MR) is 269 cm³/mol. The Morgan fingerprint density at radius 1 is 0.446 bits per heavy atom. The summed E-state index contributed by atoms with van der Waals surface area (Å²) in [5, 5.41) is 1.98. The van der Waals surface area contributed by atoms with Crippen LogP contribution in [0.5, 0.6) is 0 Å². The first-order valence-electron chi connectivity index (χ1n) is 23.6. The van der Waals surface area contributed by atoms with Gasteiger partial charge in [0.05, 0.1) is 33.4 Å². The van der Waals surface area contributed by atoms with E-state index in [-0.39, 0.29) is 68.8 Å². The van der Waals surface area contributed by atoms with Gasteiger partial charge in [-0.05, 0) is 95.5 Å². The molecule has 0 amide bonds. The summed E-state index contributed by atoms with van der Waals surface area (Å²) in [7, 11) is 0. The van der Waals surface area contributed by atoms with Crippen LogP contribution >= 0.6 is 0 Å². The van der Waals surface area contributed by atoms with E-state index in [1.165, 1.54) is 27.8 Å².